The maximum absolute atomic E-state index is 13.1. The molecule has 0 atom stereocenters. The molecule has 3 rings (SSSR count). The number of carbonyl (C=O) groups excluding carboxylic acids is 1. The summed E-state index contributed by atoms with van der Waals surface area (Å²) in [6, 6.07) is 7.59. The van der Waals surface area contributed by atoms with Gasteiger partial charge in [0.05, 0.1) is 30.7 Å². The first kappa shape index (κ1) is 15.9. The van der Waals surface area contributed by atoms with Crippen molar-refractivity contribution in [1.82, 2.24) is 4.98 Å². The van der Waals surface area contributed by atoms with E-state index >= 15 is 0 Å². The zero-order valence-corrected chi connectivity index (χ0v) is 13.8. The number of benzene rings is 1. The van der Waals surface area contributed by atoms with E-state index in [4.69, 9.17) is 4.74 Å². The SMILES string of the molecule is O=C(Nc1ccc(N2CCOCC2)cn1)c1ccc(F)cc1Br. The molecular formula is C16H15BrFN3O2. The number of pyridine rings is 1. The molecule has 1 aliphatic heterocycles. The molecule has 2 heterocycles. The maximum atomic E-state index is 13.1. The molecule has 1 fully saturated rings. The van der Waals surface area contributed by atoms with Gasteiger partial charge in [0.15, 0.2) is 0 Å². The van der Waals surface area contributed by atoms with E-state index in [2.05, 4.69) is 31.1 Å². The van der Waals surface area contributed by atoms with Crippen LogP contribution in [0.5, 0.6) is 0 Å². The van der Waals surface area contributed by atoms with Gasteiger partial charge in [-0.1, -0.05) is 0 Å². The molecule has 7 heteroatoms. The van der Waals surface area contributed by atoms with Crippen LogP contribution in [0.4, 0.5) is 15.9 Å². The van der Waals surface area contributed by atoms with Gasteiger partial charge >= 0.3 is 0 Å². The third-order valence-corrected chi connectivity index (χ3v) is 4.20. The van der Waals surface area contributed by atoms with Gasteiger partial charge in [0, 0.05) is 17.6 Å². The molecule has 0 unspecified atom stereocenters. The van der Waals surface area contributed by atoms with E-state index in [0.717, 1.165) is 18.8 Å². The molecule has 1 aromatic carbocycles. The largest absolute Gasteiger partial charge is 0.378 e. The lowest BCUT2D eigenvalue weighted by molar-refractivity contribution is 0.102. The Balaban J connectivity index is 1.69. The van der Waals surface area contributed by atoms with Crippen LogP contribution in [0.2, 0.25) is 0 Å². The lowest BCUT2D eigenvalue weighted by atomic mass is 10.2. The zero-order chi connectivity index (χ0) is 16.2. The Morgan fingerprint density at radius 2 is 2.04 bits per heavy atom. The molecule has 0 bridgehead atoms. The van der Waals surface area contributed by atoms with E-state index in [1.807, 2.05) is 6.07 Å². The third-order valence-electron chi connectivity index (χ3n) is 3.54. The minimum Gasteiger partial charge on any atom is -0.378 e. The second-order valence-electron chi connectivity index (χ2n) is 5.08. The molecule has 1 N–H and O–H groups in total. The number of hydrogen-bond acceptors (Lipinski definition) is 4. The number of morpholine rings is 1. The van der Waals surface area contributed by atoms with Crippen molar-refractivity contribution in [1.29, 1.82) is 0 Å². The molecule has 0 aliphatic carbocycles. The number of ether oxygens (including phenoxy) is 1. The van der Waals surface area contributed by atoms with Crippen molar-refractivity contribution < 1.29 is 13.9 Å². The summed E-state index contributed by atoms with van der Waals surface area (Å²) in [4.78, 5) is 18.6. The highest BCUT2D eigenvalue weighted by Crippen LogP contribution is 2.20. The van der Waals surface area contributed by atoms with Gasteiger partial charge in [0.2, 0.25) is 0 Å². The highest BCUT2D eigenvalue weighted by Gasteiger charge is 2.13. The summed E-state index contributed by atoms with van der Waals surface area (Å²) in [7, 11) is 0. The lowest BCUT2D eigenvalue weighted by Gasteiger charge is -2.28. The number of aromatic nitrogens is 1. The molecule has 1 aliphatic rings. The summed E-state index contributed by atoms with van der Waals surface area (Å²) in [6.07, 6.45) is 1.72. The van der Waals surface area contributed by atoms with Crippen LogP contribution in [0.1, 0.15) is 10.4 Å². The van der Waals surface area contributed by atoms with Gasteiger partial charge in [0.25, 0.3) is 5.91 Å². The molecule has 1 saturated heterocycles. The summed E-state index contributed by atoms with van der Waals surface area (Å²) < 4.78 is 18.8. The van der Waals surface area contributed by atoms with Crippen LogP contribution < -0.4 is 10.2 Å². The minimum absolute atomic E-state index is 0.344. The first-order chi connectivity index (χ1) is 11.1. The Morgan fingerprint density at radius 3 is 2.70 bits per heavy atom. The van der Waals surface area contributed by atoms with Crippen LogP contribution in [0.3, 0.4) is 0 Å². The van der Waals surface area contributed by atoms with Crippen molar-refractivity contribution in [2.24, 2.45) is 0 Å². The lowest BCUT2D eigenvalue weighted by Crippen LogP contribution is -2.36. The summed E-state index contributed by atoms with van der Waals surface area (Å²) in [5.41, 5.74) is 1.35. The Bertz CT molecular complexity index is 703. The van der Waals surface area contributed by atoms with Crippen molar-refractivity contribution in [2.45, 2.75) is 0 Å². The number of rotatable bonds is 3. The van der Waals surface area contributed by atoms with E-state index in [1.165, 1.54) is 18.2 Å². The normalized spacial score (nSPS) is 14.6. The fraction of sp³-hybridized carbons (Fsp3) is 0.250. The number of anilines is 2. The highest BCUT2D eigenvalue weighted by molar-refractivity contribution is 9.10. The first-order valence-electron chi connectivity index (χ1n) is 7.18. The number of hydrogen-bond donors (Lipinski definition) is 1. The van der Waals surface area contributed by atoms with E-state index in [9.17, 15) is 9.18 Å². The van der Waals surface area contributed by atoms with Crippen LogP contribution in [-0.2, 0) is 4.74 Å². The van der Waals surface area contributed by atoms with Crippen LogP contribution in [0.15, 0.2) is 41.0 Å². The second kappa shape index (κ2) is 7.06. The highest BCUT2D eigenvalue weighted by atomic mass is 79.9. The molecule has 0 saturated carbocycles. The van der Waals surface area contributed by atoms with Crippen molar-refractivity contribution in [3.8, 4) is 0 Å². The summed E-state index contributed by atoms with van der Waals surface area (Å²) in [5, 5.41) is 2.70. The Morgan fingerprint density at radius 1 is 1.26 bits per heavy atom. The van der Waals surface area contributed by atoms with Gasteiger partial charge in [-0.15, -0.1) is 0 Å². The smallest absolute Gasteiger partial charge is 0.257 e. The molecular weight excluding hydrogens is 365 g/mol. The van der Waals surface area contributed by atoms with Crippen LogP contribution >= 0.6 is 15.9 Å². The molecule has 120 valence electrons. The van der Waals surface area contributed by atoms with E-state index in [-0.39, 0.29) is 5.91 Å². The van der Waals surface area contributed by atoms with Gasteiger partial charge < -0.3 is 15.0 Å². The van der Waals surface area contributed by atoms with Gasteiger partial charge in [-0.05, 0) is 46.3 Å². The quantitative estimate of drug-likeness (QED) is 0.890. The molecule has 23 heavy (non-hydrogen) atoms. The number of carbonyl (C=O) groups is 1. The maximum Gasteiger partial charge on any atom is 0.257 e. The fourth-order valence-corrected chi connectivity index (χ4v) is 2.86. The van der Waals surface area contributed by atoms with Crippen LogP contribution in [0.25, 0.3) is 0 Å². The average Bonchev–Trinajstić information content (AvgIpc) is 2.56. The Hall–Kier alpha value is -1.99. The molecule has 1 aromatic heterocycles. The van der Waals surface area contributed by atoms with Crippen molar-refractivity contribution in [3.05, 3.63) is 52.4 Å². The topological polar surface area (TPSA) is 54.5 Å². The second-order valence-corrected chi connectivity index (χ2v) is 5.93. The third kappa shape index (κ3) is 3.86. The zero-order valence-electron chi connectivity index (χ0n) is 12.3. The van der Waals surface area contributed by atoms with Gasteiger partial charge in [-0.2, -0.15) is 0 Å². The molecule has 0 spiro atoms. The fourth-order valence-electron chi connectivity index (χ4n) is 2.33. The molecule has 1 amide bonds. The van der Waals surface area contributed by atoms with Crippen molar-refractivity contribution >= 4 is 33.3 Å². The number of nitrogens with one attached hydrogen (secondary N) is 1. The van der Waals surface area contributed by atoms with Gasteiger partial charge in [-0.3, -0.25) is 4.79 Å². The Labute approximate surface area is 141 Å². The van der Waals surface area contributed by atoms with Crippen LogP contribution in [0, 0.1) is 5.82 Å². The van der Waals surface area contributed by atoms with E-state index in [0.29, 0.717) is 29.1 Å². The summed E-state index contributed by atoms with van der Waals surface area (Å²) in [5.74, 6) is -0.298. The standard InChI is InChI=1S/C16H15BrFN3O2/c17-14-9-11(18)1-3-13(14)16(22)20-15-4-2-12(10-19-15)21-5-7-23-8-6-21/h1-4,9-10H,5-8H2,(H,19,20,22). The van der Waals surface area contributed by atoms with Crippen molar-refractivity contribution in [2.75, 3.05) is 36.5 Å². The first-order valence-corrected chi connectivity index (χ1v) is 7.98. The van der Waals surface area contributed by atoms with Crippen LogP contribution in [-0.4, -0.2) is 37.2 Å². The van der Waals surface area contributed by atoms with Gasteiger partial charge in [-0.25, -0.2) is 9.37 Å². The molecule has 0 radical (unpaired) electrons. The van der Waals surface area contributed by atoms with Crippen molar-refractivity contribution in [3.63, 3.8) is 0 Å². The summed E-state index contributed by atoms with van der Waals surface area (Å²) >= 11 is 3.19. The van der Waals surface area contributed by atoms with E-state index < -0.39 is 5.82 Å². The number of amides is 1. The monoisotopic (exact) mass is 379 g/mol. The van der Waals surface area contributed by atoms with Gasteiger partial charge in [0.1, 0.15) is 11.6 Å². The number of nitrogens with zero attached hydrogens (tertiary/aromatic N) is 2. The minimum atomic E-state index is -0.401. The molecule has 5 nitrogen and oxygen atoms in total. The average molecular weight is 380 g/mol. The predicted octanol–water partition coefficient (Wildman–Crippen LogP) is 3.07. The number of halogens is 2. The molecule has 2 aromatic rings. The van der Waals surface area contributed by atoms with E-state index in [1.54, 1.807) is 12.3 Å². The Kier molecular flexibility index (Phi) is 4.88. The predicted molar refractivity (Wildman–Crippen MR) is 89.3 cm³/mol. The summed E-state index contributed by atoms with van der Waals surface area (Å²) in [6.45, 7) is 3.07.